The summed E-state index contributed by atoms with van der Waals surface area (Å²) in [5, 5.41) is 0. The van der Waals surface area contributed by atoms with Gasteiger partial charge in [-0.1, -0.05) is 51.0 Å². The van der Waals surface area contributed by atoms with E-state index in [0.717, 1.165) is 25.7 Å². The number of carbonyl (C=O) groups excluding carboxylic acids is 1. The highest BCUT2D eigenvalue weighted by atomic mass is 16.1. The van der Waals surface area contributed by atoms with Gasteiger partial charge in [0.25, 0.3) is 0 Å². The number of Topliss-reactive ketones (excluding diaryl/α,β-unsaturated/α-hetero) is 1. The summed E-state index contributed by atoms with van der Waals surface area (Å²) >= 11 is 0. The van der Waals surface area contributed by atoms with Crippen LogP contribution in [-0.2, 0) is 11.2 Å². The van der Waals surface area contributed by atoms with Gasteiger partial charge in [-0.15, -0.1) is 0 Å². The van der Waals surface area contributed by atoms with Crippen LogP contribution in [-0.4, -0.2) is 5.78 Å². The first-order valence-corrected chi connectivity index (χ1v) is 7.28. The largest absolute Gasteiger partial charge is 0.299 e. The first-order valence-electron chi connectivity index (χ1n) is 7.28. The normalized spacial score (nSPS) is 21.1. The number of carbonyl (C=O) groups is 1. The monoisotopic (exact) mass is 244 g/mol. The Morgan fingerprint density at radius 1 is 1.11 bits per heavy atom. The summed E-state index contributed by atoms with van der Waals surface area (Å²) in [6.07, 6.45) is 6.38. The molecule has 1 aliphatic rings. The van der Waals surface area contributed by atoms with Gasteiger partial charge < -0.3 is 0 Å². The van der Waals surface area contributed by atoms with Gasteiger partial charge in [0.1, 0.15) is 5.78 Å². The molecule has 0 aliphatic heterocycles. The summed E-state index contributed by atoms with van der Waals surface area (Å²) in [6.45, 7) is 4.42. The van der Waals surface area contributed by atoms with E-state index in [-0.39, 0.29) is 5.92 Å². The van der Waals surface area contributed by atoms with Crippen molar-refractivity contribution in [2.24, 2.45) is 5.92 Å². The smallest absolute Gasteiger partial charge is 0.136 e. The Morgan fingerprint density at radius 3 is 2.50 bits per heavy atom. The van der Waals surface area contributed by atoms with Crippen molar-refractivity contribution in [3.05, 3.63) is 35.4 Å². The molecule has 0 amide bonds. The van der Waals surface area contributed by atoms with Gasteiger partial charge in [-0.25, -0.2) is 0 Å². The lowest BCUT2D eigenvalue weighted by molar-refractivity contribution is -0.122. The van der Waals surface area contributed by atoms with E-state index >= 15 is 0 Å². The highest BCUT2D eigenvalue weighted by Gasteiger charge is 2.20. The van der Waals surface area contributed by atoms with Crippen molar-refractivity contribution in [3.8, 4) is 0 Å². The van der Waals surface area contributed by atoms with Gasteiger partial charge >= 0.3 is 0 Å². The second kappa shape index (κ2) is 6.17. The second-order valence-corrected chi connectivity index (χ2v) is 5.86. The maximum Gasteiger partial charge on any atom is 0.136 e. The molecule has 1 heteroatoms. The van der Waals surface area contributed by atoms with Crippen LogP contribution in [0.1, 0.15) is 63.0 Å². The molecule has 0 bridgehead atoms. The van der Waals surface area contributed by atoms with Crippen LogP contribution in [0.4, 0.5) is 0 Å². The fourth-order valence-electron chi connectivity index (χ4n) is 2.77. The van der Waals surface area contributed by atoms with E-state index in [4.69, 9.17) is 0 Å². The zero-order valence-corrected chi connectivity index (χ0v) is 11.6. The molecule has 2 rings (SSSR count). The van der Waals surface area contributed by atoms with E-state index < -0.39 is 0 Å². The molecule has 1 saturated carbocycles. The third kappa shape index (κ3) is 3.44. The van der Waals surface area contributed by atoms with Gasteiger partial charge in [0.15, 0.2) is 0 Å². The van der Waals surface area contributed by atoms with E-state index in [0.29, 0.717) is 11.7 Å². The Bertz CT molecular complexity index is 389. The van der Waals surface area contributed by atoms with E-state index in [1.807, 2.05) is 0 Å². The van der Waals surface area contributed by atoms with Crippen LogP contribution < -0.4 is 0 Å². The molecule has 0 saturated heterocycles. The van der Waals surface area contributed by atoms with Crippen LogP contribution in [0, 0.1) is 5.92 Å². The number of rotatable bonds is 3. The average molecular weight is 244 g/mol. The minimum absolute atomic E-state index is 0.275. The standard InChI is InChI=1S/C17H24O/c1-13(2)15-10-8-14(9-11-15)12-16-6-4-3-5-7-17(16)18/h8-11,13,16H,3-7,12H2,1-2H3. The molecule has 0 heterocycles. The van der Waals surface area contributed by atoms with Crippen LogP contribution in [0.5, 0.6) is 0 Å². The molecule has 1 aromatic rings. The van der Waals surface area contributed by atoms with Gasteiger partial charge in [0, 0.05) is 12.3 Å². The number of benzene rings is 1. The highest BCUT2D eigenvalue weighted by Crippen LogP contribution is 2.24. The minimum atomic E-state index is 0.275. The van der Waals surface area contributed by atoms with Crippen LogP contribution in [0.25, 0.3) is 0 Å². The van der Waals surface area contributed by atoms with Crippen molar-refractivity contribution < 1.29 is 4.79 Å². The van der Waals surface area contributed by atoms with Crippen LogP contribution in [0.15, 0.2) is 24.3 Å². The summed E-state index contributed by atoms with van der Waals surface area (Å²) in [7, 11) is 0. The summed E-state index contributed by atoms with van der Waals surface area (Å²) < 4.78 is 0. The van der Waals surface area contributed by atoms with Gasteiger partial charge in [-0.2, -0.15) is 0 Å². The molecule has 1 unspecified atom stereocenters. The quantitative estimate of drug-likeness (QED) is 0.715. The molecule has 1 aliphatic carbocycles. The maximum absolute atomic E-state index is 12.0. The Balaban J connectivity index is 2.01. The maximum atomic E-state index is 12.0. The van der Waals surface area contributed by atoms with Crippen LogP contribution in [0.3, 0.4) is 0 Å². The lowest BCUT2D eigenvalue weighted by atomic mass is 9.90. The molecule has 1 atom stereocenters. The number of hydrogen-bond donors (Lipinski definition) is 0. The molecule has 1 fully saturated rings. The van der Waals surface area contributed by atoms with Gasteiger partial charge in [-0.05, 0) is 36.3 Å². The van der Waals surface area contributed by atoms with Crippen molar-refractivity contribution in [2.45, 2.75) is 58.3 Å². The van der Waals surface area contributed by atoms with E-state index in [9.17, 15) is 4.79 Å². The van der Waals surface area contributed by atoms with Crippen molar-refractivity contribution >= 4 is 5.78 Å². The molecule has 1 aromatic carbocycles. The molecule has 0 spiro atoms. The topological polar surface area (TPSA) is 17.1 Å². The summed E-state index contributed by atoms with van der Waals surface area (Å²) in [5.74, 6) is 1.34. The Morgan fingerprint density at radius 2 is 1.83 bits per heavy atom. The summed E-state index contributed by atoms with van der Waals surface area (Å²) in [5.41, 5.74) is 2.70. The lowest BCUT2D eigenvalue weighted by Gasteiger charge is -2.13. The van der Waals surface area contributed by atoms with E-state index in [1.165, 1.54) is 24.0 Å². The van der Waals surface area contributed by atoms with Gasteiger partial charge in [0.2, 0.25) is 0 Å². The zero-order valence-electron chi connectivity index (χ0n) is 11.6. The zero-order chi connectivity index (χ0) is 13.0. The first kappa shape index (κ1) is 13.3. The average Bonchev–Trinajstić information content (AvgIpc) is 2.56. The van der Waals surface area contributed by atoms with Crippen LogP contribution >= 0.6 is 0 Å². The Kier molecular flexibility index (Phi) is 4.57. The third-order valence-corrected chi connectivity index (χ3v) is 4.06. The molecule has 0 aromatic heterocycles. The fraction of sp³-hybridized carbons (Fsp3) is 0.588. The van der Waals surface area contributed by atoms with Crippen molar-refractivity contribution in [2.75, 3.05) is 0 Å². The fourth-order valence-corrected chi connectivity index (χ4v) is 2.77. The predicted molar refractivity (Wildman–Crippen MR) is 75.8 cm³/mol. The summed E-state index contributed by atoms with van der Waals surface area (Å²) in [4.78, 5) is 12.0. The Hall–Kier alpha value is -1.11. The predicted octanol–water partition coefficient (Wildman–Crippen LogP) is 4.50. The van der Waals surface area contributed by atoms with Crippen molar-refractivity contribution in [3.63, 3.8) is 0 Å². The molecule has 18 heavy (non-hydrogen) atoms. The van der Waals surface area contributed by atoms with Crippen molar-refractivity contribution in [1.82, 2.24) is 0 Å². The Labute approximate surface area is 111 Å². The van der Waals surface area contributed by atoms with Crippen LogP contribution in [0.2, 0.25) is 0 Å². The molecule has 0 radical (unpaired) electrons. The molecular weight excluding hydrogens is 220 g/mol. The molecule has 0 N–H and O–H groups in total. The van der Waals surface area contributed by atoms with E-state index in [2.05, 4.69) is 38.1 Å². The minimum Gasteiger partial charge on any atom is -0.299 e. The highest BCUT2D eigenvalue weighted by molar-refractivity contribution is 5.81. The number of ketones is 1. The van der Waals surface area contributed by atoms with Gasteiger partial charge in [0.05, 0.1) is 0 Å². The van der Waals surface area contributed by atoms with Crippen molar-refractivity contribution in [1.29, 1.82) is 0 Å². The van der Waals surface area contributed by atoms with E-state index in [1.54, 1.807) is 0 Å². The van der Waals surface area contributed by atoms with Gasteiger partial charge in [-0.3, -0.25) is 4.79 Å². The molecular formula is C17H24O. The molecule has 1 nitrogen and oxygen atoms in total. The first-order chi connectivity index (χ1) is 8.66. The summed E-state index contributed by atoms with van der Waals surface area (Å²) in [6, 6.07) is 8.82. The number of hydrogen-bond acceptors (Lipinski definition) is 1. The second-order valence-electron chi connectivity index (χ2n) is 5.86. The SMILES string of the molecule is CC(C)c1ccc(CC2CCCCCC2=O)cc1. The third-order valence-electron chi connectivity index (χ3n) is 4.06. The molecule has 98 valence electrons. The lowest BCUT2D eigenvalue weighted by Crippen LogP contribution is -2.15.